The number of aromatic hydroxyl groups is 1. The number of amides is 1. The van der Waals surface area contributed by atoms with Crippen molar-refractivity contribution in [3.63, 3.8) is 0 Å². The van der Waals surface area contributed by atoms with E-state index in [9.17, 15) is 36.2 Å². The van der Waals surface area contributed by atoms with Crippen molar-refractivity contribution in [1.29, 1.82) is 0 Å². The van der Waals surface area contributed by atoms with Crippen LogP contribution >= 0.6 is 11.3 Å². The summed E-state index contributed by atoms with van der Waals surface area (Å²) in [5.74, 6) is -0.454. The van der Waals surface area contributed by atoms with Gasteiger partial charge in [-0.25, -0.2) is 4.79 Å². The number of benzene rings is 2. The van der Waals surface area contributed by atoms with Gasteiger partial charge in [-0.1, -0.05) is 23.5 Å². The first-order valence-corrected chi connectivity index (χ1v) is 14.8. The molecule has 9 nitrogen and oxygen atoms in total. The normalized spacial score (nSPS) is 17.4. The lowest BCUT2D eigenvalue weighted by molar-refractivity contribution is -0.143. The SMILES string of the molecule is CC(C)(C)OC(=O)NCC1CN(c2nc(O)c(C(Cc3ccc(C(F)(F)F)cc3C(F)(F)F)=c3ccc4c(c3)C=NN=4)s2)CCO1. The number of hydrogen-bond acceptors (Lipinski definition) is 9. The Morgan fingerprint density at radius 2 is 1.87 bits per heavy atom. The summed E-state index contributed by atoms with van der Waals surface area (Å²) >= 11 is 1.02. The summed E-state index contributed by atoms with van der Waals surface area (Å²) in [5.41, 5.74) is -3.17. The van der Waals surface area contributed by atoms with E-state index in [0.717, 1.165) is 17.4 Å². The number of aromatic nitrogens is 1. The molecule has 0 saturated carbocycles. The molecule has 0 spiro atoms. The van der Waals surface area contributed by atoms with E-state index in [2.05, 4.69) is 20.5 Å². The molecule has 1 unspecified atom stereocenters. The number of carbonyl (C=O) groups excluding carboxylic acids is 1. The third-order valence-electron chi connectivity index (χ3n) is 7.00. The number of morpholine rings is 1. The number of fused-ring (bicyclic) bond motifs is 1. The molecule has 1 saturated heterocycles. The van der Waals surface area contributed by atoms with Crippen LogP contribution in [0, 0.1) is 0 Å². The fourth-order valence-electron chi connectivity index (χ4n) is 4.93. The Morgan fingerprint density at radius 1 is 1.11 bits per heavy atom. The van der Waals surface area contributed by atoms with E-state index in [-0.39, 0.29) is 36.2 Å². The zero-order chi connectivity index (χ0) is 33.4. The summed E-state index contributed by atoms with van der Waals surface area (Å²) < 4.78 is 93.3. The van der Waals surface area contributed by atoms with Crippen LogP contribution in [0.4, 0.5) is 36.3 Å². The standard InChI is InChI=1S/C30H29F6N5O4S/c1-28(2,3)45-27(43)37-14-20-15-41(8-9-44-20)26-39-25(42)24(46-26)21(16-5-7-23-18(10-16)13-38-40-23)11-17-4-6-19(29(31,32)33)12-22(17)30(34,35)36/h4-7,10,12-13,20,42H,8-9,11,14-15H2,1-3H3,(H,37,43). The molecule has 16 heteroatoms. The summed E-state index contributed by atoms with van der Waals surface area (Å²) in [7, 11) is 0. The van der Waals surface area contributed by atoms with Crippen molar-refractivity contribution in [2.24, 2.45) is 10.2 Å². The molecule has 2 aromatic carbocycles. The van der Waals surface area contributed by atoms with Gasteiger partial charge in [0.25, 0.3) is 0 Å². The van der Waals surface area contributed by atoms with E-state index in [0.29, 0.717) is 33.9 Å². The van der Waals surface area contributed by atoms with Gasteiger partial charge in [0.15, 0.2) is 5.13 Å². The molecule has 2 aliphatic rings. The van der Waals surface area contributed by atoms with E-state index in [4.69, 9.17) is 9.47 Å². The summed E-state index contributed by atoms with van der Waals surface area (Å²) in [4.78, 5) is 18.3. The quantitative estimate of drug-likeness (QED) is 0.357. The minimum Gasteiger partial charge on any atom is -0.492 e. The molecule has 0 bridgehead atoms. The number of anilines is 1. The summed E-state index contributed by atoms with van der Waals surface area (Å²) in [6.07, 6.45) is -10.1. The molecule has 246 valence electrons. The maximum atomic E-state index is 14.1. The topological polar surface area (TPSA) is 109 Å². The number of ether oxygens (including phenoxy) is 2. The molecule has 46 heavy (non-hydrogen) atoms. The maximum Gasteiger partial charge on any atom is 0.416 e. The van der Waals surface area contributed by atoms with E-state index in [1.807, 2.05) is 4.90 Å². The molecular weight excluding hydrogens is 640 g/mol. The highest BCUT2D eigenvalue weighted by molar-refractivity contribution is 7.17. The monoisotopic (exact) mass is 669 g/mol. The average molecular weight is 670 g/mol. The van der Waals surface area contributed by atoms with E-state index < -0.39 is 59.1 Å². The molecule has 1 amide bonds. The van der Waals surface area contributed by atoms with Gasteiger partial charge in [-0.05, 0) is 61.4 Å². The van der Waals surface area contributed by atoms with Gasteiger partial charge >= 0.3 is 18.4 Å². The van der Waals surface area contributed by atoms with Crippen molar-refractivity contribution < 1.29 is 45.7 Å². The van der Waals surface area contributed by atoms with Gasteiger partial charge in [0, 0.05) is 31.6 Å². The zero-order valence-electron chi connectivity index (χ0n) is 24.8. The van der Waals surface area contributed by atoms with Crippen molar-refractivity contribution in [2.45, 2.75) is 51.2 Å². The third-order valence-corrected chi connectivity index (χ3v) is 8.17. The lowest BCUT2D eigenvalue weighted by atomic mass is 9.94. The molecule has 0 radical (unpaired) electrons. The van der Waals surface area contributed by atoms with Gasteiger partial charge in [-0.2, -0.15) is 41.5 Å². The predicted octanol–water partition coefficient (Wildman–Crippen LogP) is 5.03. The van der Waals surface area contributed by atoms with Gasteiger partial charge in [0.2, 0.25) is 5.88 Å². The molecule has 5 rings (SSSR count). The Labute approximate surface area is 262 Å². The summed E-state index contributed by atoms with van der Waals surface area (Å²) in [6.45, 7) is 6.23. The largest absolute Gasteiger partial charge is 0.492 e. The number of thiazole rings is 1. The van der Waals surface area contributed by atoms with E-state index in [1.54, 1.807) is 39.0 Å². The van der Waals surface area contributed by atoms with Gasteiger partial charge < -0.3 is 24.8 Å². The van der Waals surface area contributed by atoms with Crippen molar-refractivity contribution in [1.82, 2.24) is 10.3 Å². The maximum absolute atomic E-state index is 14.1. The van der Waals surface area contributed by atoms with Gasteiger partial charge in [-0.3, -0.25) is 0 Å². The minimum atomic E-state index is -5.08. The Kier molecular flexibility index (Phi) is 9.05. The Bertz CT molecular complexity index is 1780. The molecule has 2 N–H and O–H groups in total. The van der Waals surface area contributed by atoms with Crippen LogP contribution in [0.15, 0.2) is 46.6 Å². The van der Waals surface area contributed by atoms with Crippen LogP contribution in [-0.4, -0.2) is 60.3 Å². The predicted molar refractivity (Wildman–Crippen MR) is 157 cm³/mol. The first kappa shape index (κ1) is 33.2. The number of carbonyl (C=O) groups is 1. The van der Waals surface area contributed by atoms with Gasteiger partial charge in [-0.15, -0.1) is 0 Å². The van der Waals surface area contributed by atoms with Crippen LogP contribution in [0.1, 0.15) is 47.9 Å². The van der Waals surface area contributed by atoms with Crippen LogP contribution in [0.5, 0.6) is 5.88 Å². The minimum absolute atomic E-state index is 0.0956. The number of halogens is 6. The highest BCUT2D eigenvalue weighted by Crippen LogP contribution is 2.41. The fourth-order valence-corrected chi connectivity index (χ4v) is 5.99. The van der Waals surface area contributed by atoms with Gasteiger partial charge in [0.05, 0.1) is 40.3 Å². The first-order valence-electron chi connectivity index (χ1n) is 14.0. The highest BCUT2D eigenvalue weighted by atomic mass is 32.1. The van der Waals surface area contributed by atoms with E-state index >= 15 is 0 Å². The van der Waals surface area contributed by atoms with Crippen molar-refractivity contribution in [3.05, 3.63) is 74.1 Å². The first-order chi connectivity index (χ1) is 21.5. The molecule has 0 aliphatic carbocycles. The van der Waals surface area contributed by atoms with Crippen molar-refractivity contribution in [2.75, 3.05) is 31.1 Å². The molecule has 1 aromatic heterocycles. The Balaban J connectivity index is 1.50. The molecule has 1 fully saturated rings. The second kappa shape index (κ2) is 12.5. The van der Waals surface area contributed by atoms with E-state index in [1.165, 1.54) is 6.21 Å². The summed E-state index contributed by atoms with van der Waals surface area (Å²) in [6, 6.07) is 6.34. The van der Waals surface area contributed by atoms with Crippen LogP contribution in [0.25, 0.3) is 5.57 Å². The Hall–Kier alpha value is -4.18. The smallest absolute Gasteiger partial charge is 0.416 e. The Morgan fingerprint density at radius 3 is 2.57 bits per heavy atom. The summed E-state index contributed by atoms with van der Waals surface area (Å²) in [5, 5.41) is 22.8. The van der Waals surface area contributed by atoms with Crippen molar-refractivity contribution in [3.8, 4) is 5.88 Å². The fraction of sp³-hybridized carbons (Fsp3) is 0.400. The molecule has 1 atom stereocenters. The average Bonchev–Trinajstić information content (AvgIpc) is 3.59. The second-order valence-corrected chi connectivity index (χ2v) is 12.6. The highest BCUT2D eigenvalue weighted by Gasteiger charge is 2.38. The number of hydrogen-bond donors (Lipinski definition) is 2. The number of nitrogens with one attached hydrogen (secondary N) is 1. The van der Waals surface area contributed by atoms with Crippen LogP contribution < -0.4 is 20.8 Å². The van der Waals surface area contributed by atoms with Crippen LogP contribution in [0.3, 0.4) is 0 Å². The van der Waals surface area contributed by atoms with Crippen LogP contribution in [-0.2, 0) is 28.2 Å². The lowest BCUT2D eigenvalue weighted by Gasteiger charge is -2.32. The molecule has 3 aromatic rings. The molecule has 3 heterocycles. The second-order valence-electron chi connectivity index (χ2n) is 11.6. The van der Waals surface area contributed by atoms with Crippen molar-refractivity contribution >= 4 is 34.3 Å². The number of alkyl halides is 6. The lowest BCUT2D eigenvalue weighted by Crippen LogP contribution is -2.48. The van der Waals surface area contributed by atoms with Gasteiger partial charge in [0.1, 0.15) is 5.60 Å². The zero-order valence-corrected chi connectivity index (χ0v) is 25.6. The van der Waals surface area contributed by atoms with Crippen LogP contribution in [0.2, 0.25) is 0 Å². The third kappa shape index (κ3) is 7.78. The number of nitrogens with zero attached hydrogens (tertiary/aromatic N) is 4. The number of alkyl carbamates (subject to hydrolysis) is 1. The molecular formula is C30H29F6N5O4S. The number of rotatable bonds is 6. The molecule has 2 aliphatic heterocycles.